The molecule has 226 valence electrons. The van der Waals surface area contributed by atoms with E-state index in [4.69, 9.17) is 4.74 Å². The summed E-state index contributed by atoms with van der Waals surface area (Å²) in [7, 11) is 1.22. The molecule has 1 aliphatic rings. The minimum atomic E-state index is -1.00. The number of rotatable bonds is 9. The summed E-state index contributed by atoms with van der Waals surface area (Å²) in [5, 5.41) is 13.6. The van der Waals surface area contributed by atoms with Gasteiger partial charge in [-0.25, -0.2) is 14.0 Å². The summed E-state index contributed by atoms with van der Waals surface area (Å²) in [6.07, 6.45) is 4.50. The Hall–Kier alpha value is -3.96. The van der Waals surface area contributed by atoms with E-state index >= 15 is 0 Å². The largest absolute Gasteiger partial charge is 0.467 e. The second kappa shape index (κ2) is 16.3. The lowest BCUT2D eigenvalue weighted by atomic mass is 10.0. The molecule has 0 saturated carbocycles. The van der Waals surface area contributed by atoms with Gasteiger partial charge in [-0.15, -0.1) is 0 Å². The van der Waals surface area contributed by atoms with Crippen molar-refractivity contribution in [3.8, 4) is 0 Å². The Balaban J connectivity index is 2.18. The van der Waals surface area contributed by atoms with Crippen LogP contribution in [-0.2, 0) is 30.3 Å². The van der Waals surface area contributed by atoms with E-state index in [1.807, 2.05) is 0 Å². The third-order valence-electron chi connectivity index (χ3n) is 6.65. The minimum Gasteiger partial charge on any atom is -0.467 e. The monoisotopic (exact) mass is 575 g/mol. The molecule has 5 amide bonds. The molecule has 12 heteroatoms. The highest BCUT2D eigenvalue weighted by molar-refractivity contribution is 5.93. The molecule has 5 N–H and O–H groups in total. The maximum Gasteiger partial charge on any atom is 0.328 e. The normalized spacial score (nSPS) is 20.4. The molecule has 11 nitrogen and oxygen atoms in total. The lowest BCUT2D eigenvalue weighted by molar-refractivity contribution is -0.144. The van der Waals surface area contributed by atoms with Crippen molar-refractivity contribution in [2.24, 2.45) is 11.8 Å². The Morgan fingerprint density at radius 2 is 1.73 bits per heavy atom. The van der Waals surface area contributed by atoms with Crippen LogP contribution >= 0.6 is 0 Å². The quantitative estimate of drug-likeness (QED) is 0.283. The van der Waals surface area contributed by atoms with Crippen molar-refractivity contribution >= 4 is 29.7 Å². The molecule has 1 aliphatic heterocycles. The first-order valence-electron chi connectivity index (χ1n) is 13.9. The van der Waals surface area contributed by atoms with Crippen LogP contribution in [0.5, 0.6) is 0 Å². The molecule has 2 rings (SSSR count). The van der Waals surface area contributed by atoms with Gasteiger partial charge in [0.1, 0.15) is 23.9 Å². The number of benzene rings is 1. The van der Waals surface area contributed by atoms with Gasteiger partial charge >= 0.3 is 12.0 Å². The van der Waals surface area contributed by atoms with Crippen LogP contribution in [0.1, 0.15) is 52.5 Å². The van der Waals surface area contributed by atoms with E-state index in [1.165, 1.54) is 31.4 Å². The second-order valence-electron chi connectivity index (χ2n) is 10.7. The topological polar surface area (TPSA) is 155 Å². The zero-order valence-electron chi connectivity index (χ0n) is 24.3. The third-order valence-corrected chi connectivity index (χ3v) is 6.65. The predicted molar refractivity (Wildman–Crippen MR) is 151 cm³/mol. The van der Waals surface area contributed by atoms with Crippen molar-refractivity contribution in [1.82, 2.24) is 26.6 Å². The molecule has 0 radical (unpaired) electrons. The highest BCUT2D eigenvalue weighted by Crippen LogP contribution is 2.11. The van der Waals surface area contributed by atoms with Crippen molar-refractivity contribution in [2.75, 3.05) is 13.7 Å². The fourth-order valence-electron chi connectivity index (χ4n) is 4.33. The van der Waals surface area contributed by atoms with Crippen LogP contribution in [0.4, 0.5) is 9.18 Å². The van der Waals surface area contributed by atoms with Crippen LogP contribution in [0.25, 0.3) is 0 Å². The number of hydrogen-bond donors (Lipinski definition) is 5. The van der Waals surface area contributed by atoms with Crippen molar-refractivity contribution in [2.45, 2.75) is 77.5 Å². The molecule has 4 atom stereocenters. The van der Waals surface area contributed by atoms with Crippen LogP contribution in [0, 0.1) is 17.7 Å². The van der Waals surface area contributed by atoms with Gasteiger partial charge in [0.25, 0.3) is 0 Å². The molecule has 1 aromatic carbocycles. The fraction of sp³-hybridized carbons (Fsp3) is 0.552. The SMILES string of the molecule is COC(=O)C(NC(=O)NC(C(=O)N[C@H]1CCCCNC(=O)/C=C/[C@H](Cc2cccc(F)c2)NC1=O)C(C)C)C(C)C. The summed E-state index contributed by atoms with van der Waals surface area (Å²) in [6.45, 7) is 7.38. The number of halogens is 1. The lowest BCUT2D eigenvalue weighted by Crippen LogP contribution is -2.59. The van der Waals surface area contributed by atoms with Gasteiger partial charge in [-0.3, -0.25) is 14.4 Å². The van der Waals surface area contributed by atoms with E-state index in [0.29, 0.717) is 31.4 Å². The van der Waals surface area contributed by atoms with Gasteiger partial charge in [0.15, 0.2) is 0 Å². The van der Waals surface area contributed by atoms with Gasteiger partial charge in [0, 0.05) is 12.6 Å². The highest BCUT2D eigenvalue weighted by Gasteiger charge is 2.31. The Morgan fingerprint density at radius 3 is 2.37 bits per heavy atom. The average Bonchev–Trinajstić information content (AvgIpc) is 2.90. The number of carbonyl (C=O) groups excluding carboxylic acids is 5. The molecule has 1 heterocycles. The van der Waals surface area contributed by atoms with Gasteiger partial charge in [0.2, 0.25) is 17.7 Å². The Kier molecular flexibility index (Phi) is 13.2. The Morgan fingerprint density at radius 1 is 1.05 bits per heavy atom. The van der Waals surface area contributed by atoms with Gasteiger partial charge in [-0.05, 0) is 55.2 Å². The lowest BCUT2D eigenvalue weighted by Gasteiger charge is -2.27. The Bertz CT molecular complexity index is 1110. The summed E-state index contributed by atoms with van der Waals surface area (Å²) in [5.41, 5.74) is 0.620. The number of amides is 5. The zero-order valence-corrected chi connectivity index (χ0v) is 24.3. The fourth-order valence-corrected chi connectivity index (χ4v) is 4.33. The van der Waals surface area contributed by atoms with Gasteiger partial charge in [-0.2, -0.15) is 0 Å². The first-order chi connectivity index (χ1) is 19.4. The summed E-state index contributed by atoms with van der Waals surface area (Å²) in [6, 6.07) is 1.74. The zero-order chi connectivity index (χ0) is 30.5. The standard InChI is InChI=1S/C29H42FN5O6/c1-17(2)24(34-29(40)35-25(18(3)4)28(39)41-5)27(38)33-22-11-6-7-14-31-23(36)13-12-21(32-26(22)37)16-19-9-8-10-20(30)15-19/h8-10,12-13,15,17-18,21-22,24-25H,6-7,11,14,16H2,1-5H3,(H,31,36)(H,32,37)(H,33,38)(H2,34,35,40)/b13-12+/t21-,22+,24?,25?/m1/s1. The molecule has 0 bridgehead atoms. The average molecular weight is 576 g/mol. The number of hydrogen-bond acceptors (Lipinski definition) is 6. The summed E-state index contributed by atoms with van der Waals surface area (Å²) in [5.74, 6) is -2.96. The number of nitrogens with one attached hydrogen (secondary N) is 5. The summed E-state index contributed by atoms with van der Waals surface area (Å²) < 4.78 is 18.5. The number of esters is 1. The molecule has 0 saturated heterocycles. The van der Waals surface area contributed by atoms with Gasteiger partial charge in [0.05, 0.1) is 13.2 Å². The van der Waals surface area contributed by atoms with E-state index in [2.05, 4.69) is 26.6 Å². The predicted octanol–water partition coefficient (Wildman–Crippen LogP) is 1.72. The van der Waals surface area contributed by atoms with Crippen LogP contribution in [0.15, 0.2) is 36.4 Å². The van der Waals surface area contributed by atoms with E-state index in [9.17, 15) is 28.4 Å². The van der Waals surface area contributed by atoms with E-state index in [-0.39, 0.29) is 24.2 Å². The van der Waals surface area contributed by atoms with Crippen molar-refractivity contribution in [1.29, 1.82) is 0 Å². The van der Waals surface area contributed by atoms with E-state index in [0.717, 1.165) is 0 Å². The van der Waals surface area contributed by atoms with Crippen LogP contribution < -0.4 is 26.6 Å². The van der Waals surface area contributed by atoms with E-state index in [1.54, 1.807) is 39.8 Å². The molecule has 0 fully saturated rings. The van der Waals surface area contributed by atoms with Gasteiger partial charge in [-0.1, -0.05) is 45.9 Å². The first kappa shape index (κ1) is 33.2. The highest BCUT2D eigenvalue weighted by atomic mass is 19.1. The van der Waals surface area contributed by atoms with Gasteiger partial charge < -0.3 is 31.3 Å². The molecule has 0 spiro atoms. The second-order valence-corrected chi connectivity index (χ2v) is 10.7. The minimum absolute atomic E-state index is 0.224. The smallest absolute Gasteiger partial charge is 0.328 e. The van der Waals surface area contributed by atoms with Crippen molar-refractivity contribution in [3.05, 3.63) is 47.8 Å². The summed E-state index contributed by atoms with van der Waals surface area (Å²) in [4.78, 5) is 63.6. The van der Waals surface area contributed by atoms with Crippen molar-refractivity contribution in [3.63, 3.8) is 0 Å². The Labute approximate surface area is 240 Å². The van der Waals surface area contributed by atoms with Crippen LogP contribution in [0.3, 0.4) is 0 Å². The number of ether oxygens (including phenoxy) is 1. The molecule has 2 unspecified atom stereocenters. The molecule has 1 aromatic rings. The van der Waals surface area contributed by atoms with E-state index < -0.39 is 53.8 Å². The molecule has 0 aliphatic carbocycles. The number of carbonyl (C=O) groups is 5. The molecule has 0 aromatic heterocycles. The maximum absolute atomic E-state index is 13.8. The number of methoxy groups -OCH3 is 1. The van der Waals surface area contributed by atoms with Crippen molar-refractivity contribution < 1.29 is 33.1 Å². The molecular weight excluding hydrogens is 533 g/mol. The maximum atomic E-state index is 13.8. The van der Waals surface area contributed by atoms with Crippen LogP contribution in [0.2, 0.25) is 0 Å². The summed E-state index contributed by atoms with van der Waals surface area (Å²) >= 11 is 0. The third kappa shape index (κ3) is 11.2. The van der Waals surface area contributed by atoms with Crippen LogP contribution in [-0.4, -0.2) is 67.5 Å². The first-order valence-corrected chi connectivity index (χ1v) is 13.9. The number of urea groups is 1. The molecule has 41 heavy (non-hydrogen) atoms. The molecular formula is C29H42FN5O6.